The van der Waals surface area contributed by atoms with Gasteiger partial charge in [-0.05, 0) is 31.2 Å². The van der Waals surface area contributed by atoms with Gasteiger partial charge >= 0.3 is 6.03 Å². The Bertz CT molecular complexity index is 631. The van der Waals surface area contributed by atoms with E-state index >= 15 is 0 Å². The van der Waals surface area contributed by atoms with Crippen molar-refractivity contribution in [3.05, 3.63) is 45.4 Å². The predicted molar refractivity (Wildman–Crippen MR) is 93.5 cm³/mol. The highest BCUT2D eigenvalue weighted by molar-refractivity contribution is 7.09. The van der Waals surface area contributed by atoms with Gasteiger partial charge in [-0.3, -0.25) is 0 Å². The van der Waals surface area contributed by atoms with Gasteiger partial charge in [-0.1, -0.05) is 11.6 Å². The van der Waals surface area contributed by atoms with E-state index in [-0.39, 0.29) is 6.03 Å². The maximum absolute atomic E-state index is 12.0. The minimum Gasteiger partial charge on any atom is -0.492 e. The van der Waals surface area contributed by atoms with Crippen LogP contribution >= 0.6 is 22.9 Å². The van der Waals surface area contributed by atoms with E-state index in [9.17, 15) is 4.79 Å². The van der Waals surface area contributed by atoms with Crippen molar-refractivity contribution in [1.82, 2.24) is 15.2 Å². The number of amides is 2. The summed E-state index contributed by atoms with van der Waals surface area (Å²) in [6, 6.07) is 7.03. The molecule has 0 saturated carbocycles. The SMILES string of the molecule is Cc1ncsc1CCN(C)C(=O)NCCOc1ccc(Cl)cc1. The van der Waals surface area contributed by atoms with Gasteiger partial charge in [0.25, 0.3) is 0 Å². The molecule has 0 aliphatic carbocycles. The number of thiazole rings is 1. The van der Waals surface area contributed by atoms with E-state index in [4.69, 9.17) is 16.3 Å². The number of aryl methyl sites for hydroxylation is 1. The average molecular weight is 354 g/mol. The molecule has 1 aromatic heterocycles. The van der Waals surface area contributed by atoms with Crippen molar-refractivity contribution in [3.8, 4) is 5.75 Å². The van der Waals surface area contributed by atoms with Crippen LogP contribution in [-0.4, -0.2) is 42.7 Å². The van der Waals surface area contributed by atoms with Crippen molar-refractivity contribution in [3.63, 3.8) is 0 Å². The molecule has 0 radical (unpaired) electrons. The molecule has 0 saturated heterocycles. The average Bonchev–Trinajstić information content (AvgIpc) is 2.96. The largest absolute Gasteiger partial charge is 0.492 e. The monoisotopic (exact) mass is 353 g/mol. The number of carbonyl (C=O) groups excluding carboxylic acids is 1. The summed E-state index contributed by atoms with van der Waals surface area (Å²) in [5.41, 5.74) is 2.87. The van der Waals surface area contributed by atoms with Gasteiger partial charge in [0.1, 0.15) is 12.4 Å². The number of carbonyl (C=O) groups is 1. The van der Waals surface area contributed by atoms with Crippen molar-refractivity contribution in [2.24, 2.45) is 0 Å². The Balaban J connectivity index is 1.64. The molecule has 1 heterocycles. The Morgan fingerprint density at radius 3 is 2.78 bits per heavy atom. The second-order valence-corrected chi connectivity index (χ2v) is 6.44. The first-order chi connectivity index (χ1) is 11.1. The van der Waals surface area contributed by atoms with Crippen molar-refractivity contribution >= 4 is 29.0 Å². The van der Waals surface area contributed by atoms with Crippen LogP contribution in [0.25, 0.3) is 0 Å². The van der Waals surface area contributed by atoms with Crippen LogP contribution in [0.3, 0.4) is 0 Å². The number of likely N-dealkylation sites (N-methyl/N-ethyl adjacent to an activating group) is 1. The molecule has 1 aromatic carbocycles. The van der Waals surface area contributed by atoms with Crippen LogP contribution in [0.4, 0.5) is 4.79 Å². The lowest BCUT2D eigenvalue weighted by Crippen LogP contribution is -2.40. The third-order valence-electron chi connectivity index (χ3n) is 3.33. The molecule has 0 aliphatic heterocycles. The molecular formula is C16H20ClN3O2S. The molecular weight excluding hydrogens is 334 g/mol. The number of aromatic nitrogens is 1. The highest BCUT2D eigenvalue weighted by Crippen LogP contribution is 2.15. The number of hydrogen-bond donors (Lipinski definition) is 1. The third kappa shape index (κ3) is 5.73. The van der Waals surface area contributed by atoms with Gasteiger partial charge in [-0.25, -0.2) is 9.78 Å². The summed E-state index contributed by atoms with van der Waals surface area (Å²) in [6.07, 6.45) is 0.821. The summed E-state index contributed by atoms with van der Waals surface area (Å²) in [5, 5.41) is 3.50. The van der Waals surface area contributed by atoms with E-state index < -0.39 is 0 Å². The molecule has 0 spiro atoms. The Morgan fingerprint density at radius 1 is 1.39 bits per heavy atom. The van der Waals surface area contributed by atoms with Crippen LogP contribution in [-0.2, 0) is 6.42 Å². The fraction of sp³-hybridized carbons (Fsp3) is 0.375. The zero-order valence-electron chi connectivity index (χ0n) is 13.2. The number of rotatable bonds is 7. The molecule has 5 nitrogen and oxygen atoms in total. The van der Waals surface area contributed by atoms with E-state index in [0.717, 1.165) is 17.9 Å². The summed E-state index contributed by atoms with van der Waals surface area (Å²) >= 11 is 7.43. The Hall–Kier alpha value is -1.79. The summed E-state index contributed by atoms with van der Waals surface area (Å²) in [5.74, 6) is 0.734. The number of hydrogen-bond acceptors (Lipinski definition) is 4. The summed E-state index contributed by atoms with van der Waals surface area (Å²) in [4.78, 5) is 19.1. The van der Waals surface area contributed by atoms with Crippen LogP contribution in [0.15, 0.2) is 29.8 Å². The number of halogens is 1. The van der Waals surface area contributed by atoms with Crippen molar-refractivity contribution in [1.29, 1.82) is 0 Å². The van der Waals surface area contributed by atoms with Crippen LogP contribution in [0.2, 0.25) is 5.02 Å². The maximum atomic E-state index is 12.0. The highest BCUT2D eigenvalue weighted by atomic mass is 35.5. The van der Waals surface area contributed by atoms with Gasteiger partial charge in [0.05, 0.1) is 17.7 Å². The second kappa shape index (κ2) is 8.74. The topological polar surface area (TPSA) is 54.5 Å². The highest BCUT2D eigenvalue weighted by Gasteiger charge is 2.09. The van der Waals surface area contributed by atoms with Gasteiger partial charge in [0, 0.05) is 29.9 Å². The van der Waals surface area contributed by atoms with Gasteiger partial charge in [0.2, 0.25) is 0 Å². The fourth-order valence-electron chi connectivity index (χ4n) is 1.93. The molecule has 124 valence electrons. The van der Waals surface area contributed by atoms with E-state index in [2.05, 4.69) is 10.3 Å². The van der Waals surface area contributed by atoms with Gasteiger partial charge in [-0.15, -0.1) is 11.3 Å². The minimum absolute atomic E-state index is 0.105. The first kappa shape index (κ1) is 17.6. The first-order valence-corrected chi connectivity index (χ1v) is 8.58. The standard InChI is InChI=1S/C16H20ClN3O2S/c1-12-15(23-11-19-12)7-9-20(2)16(21)18-8-10-22-14-5-3-13(17)4-6-14/h3-6,11H,7-10H2,1-2H3,(H,18,21). The Morgan fingerprint density at radius 2 is 2.13 bits per heavy atom. The molecule has 0 fully saturated rings. The molecule has 0 atom stereocenters. The number of urea groups is 1. The molecule has 1 N–H and O–H groups in total. The normalized spacial score (nSPS) is 10.4. The van der Waals surface area contributed by atoms with Crippen molar-refractivity contribution in [2.45, 2.75) is 13.3 Å². The van der Waals surface area contributed by atoms with Gasteiger partial charge < -0.3 is 15.0 Å². The van der Waals surface area contributed by atoms with E-state index in [1.807, 2.05) is 12.4 Å². The zero-order valence-corrected chi connectivity index (χ0v) is 14.8. The van der Waals surface area contributed by atoms with E-state index in [1.54, 1.807) is 47.5 Å². The van der Waals surface area contributed by atoms with Gasteiger partial charge in [-0.2, -0.15) is 0 Å². The fourth-order valence-corrected chi connectivity index (χ4v) is 2.83. The van der Waals surface area contributed by atoms with E-state index in [0.29, 0.717) is 24.7 Å². The smallest absolute Gasteiger partial charge is 0.317 e. The summed E-state index contributed by atoms with van der Waals surface area (Å²) < 4.78 is 5.53. The summed E-state index contributed by atoms with van der Waals surface area (Å²) in [6.45, 7) is 3.51. The second-order valence-electron chi connectivity index (χ2n) is 5.07. The maximum Gasteiger partial charge on any atom is 0.317 e. The summed E-state index contributed by atoms with van der Waals surface area (Å²) in [7, 11) is 1.78. The number of nitrogens with zero attached hydrogens (tertiary/aromatic N) is 2. The predicted octanol–water partition coefficient (Wildman–Crippen LogP) is 3.37. The molecule has 2 amide bonds. The molecule has 0 bridgehead atoms. The molecule has 2 rings (SSSR count). The van der Waals surface area contributed by atoms with E-state index in [1.165, 1.54) is 4.88 Å². The van der Waals surface area contributed by atoms with Crippen LogP contribution in [0.5, 0.6) is 5.75 Å². The van der Waals surface area contributed by atoms with Gasteiger partial charge in [0.15, 0.2) is 0 Å². The van der Waals surface area contributed by atoms with Crippen LogP contribution in [0.1, 0.15) is 10.6 Å². The molecule has 0 aliphatic rings. The van der Waals surface area contributed by atoms with Crippen LogP contribution in [0, 0.1) is 6.92 Å². The number of nitrogens with one attached hydrogen (secondary N) is 1. The van der Waals surface area contributed by atoms with Crippen molar-refractivity contribution < 1.29 is 9.53 Å². The molecule has 23 heavy (non-hydrogen) atoms. The third-order valence-corrected chi connectivity index (χ3v) is 4.57. The van der Waals surface area contributed by atoms with Crippen LogP contribution < -0.4 is 10.1 Å². The number of benzene rings is 1. The minimum atomic E-state index is -0.105. The molecule has 2 aromatic rings. The quantitative estimate of drug-likeness (QED) is 0.776. The molecule has 7 heteroatoms. The lowest BCUT2D eigenvalue weighted by atomic mass is 10.3. The Kier molecular flexibility index (Phi) is 6.67. The first-order valence-electron chi connectivity index (χ1n) is 7.32. The molecule has 0 unspecified atom stereocenters. The Labute approximate surface area is 145 Å². The lowest BCUT2D eigenvalue weighted by Gasteiger charge is -2.17. The lowest BCUT2D eigenvalue weighted by molar-refractivity contribution is 0.206. The number of ether oxygens (including phenoxy) is 1. The zero-order chi connectivity index (χ0) is 16.7. The van der Waals surface area contributed by atoms with Crippen molar-refractivity contribution in [2.75, 3.05) is 26.7 Å².